The highest BCUT2D eigenvalue weighted by atomic mass is 32.2. The van der Waals surface area contributed by atoms with Gasteiger partial charge >= 0.3 is 0 Å². The van der Waals surface area contributed by atoms with E-state index < -0.39 is 10.0 Å². The van der Waals surface area contributed by atoms with E-state index in [4.69, 9.17) is 0 Å². The summed E-state index contributed by atoms with van der Waals surface area (Å²) in [6, 6.07) is 10.9. The zero-order chi connectivity index (χ0) is 18.7. The van der Waals surface area contributed by atoms with Crippen molar-refractivity contribution in [3.8, 4) is 0 Å². The molecule has 0 aromatic heterocycles. The lowest BCUT2D eigenvalue weighted by Crippen LogP contribution is -2.14. The van der Waals surface area contributed by atoms with Crippen molar-refractivity contribution in [1.29, 1.82) is 0 Å². The van der Waals surface area contributed by atoms with E-state index in [1.807, 2.05) is 6.92 Å². The normalized spacial score (nSPS) is 13.0. The lowest BCUT2D eigenvalue weighted by molar-refractivity contribution is -0.116. The summed E-state index contributed by atoms with van der Waals surface area (Å²) in [7, 11) is -3.77. The number of anilines is 3. The molecule has 0 bridgehead atoms. The average Bonchev–Trinajstić information content (AvgIpc) is 2.94. The molecule has 0 atom stereocenters. The first kappa shape index (κ1) is 17.9. The predicted molar refractivity (Wildman–Crippen MR) is 99.6 cm³/mol. The molecule has 1 aliphatic heterocycles. The van der Waals surface area contributed by atoms with Gasteiger partial charge in [-0.15, -0.1) is 0 Å². The van der Waals surface area contributed by atoms with Crippen LogP contribution < -0.4 is 15.4 Å². The Bertz CT molecular complexity index is 953. The molecule has 3 rings (SSSR count). The van der Waals surface area contributed by atoms with E-state index in [1.54, 1.807) is 30.3 Å². The SMILES string of the molecule is CCCC(=O)Nc1ccc(S(=O)(=O)Nc2ccc3c(c2)CC(=O)N3)cc1. The molecular weight excluding hydrogens is 354 g/mol. The third-order valence-electron chi connectivity index (χ3n) is 3.91. The van der Waals surface area contributed by atoms with E-state index in [-0.39, 0.29) is 23.1 Å². The van der Waals surface area contributed by atoms with Crippen molar-refractivity contribution in [1.82, 2.24) is 0 Å². The summed E-state index contributed by atoms with van der Waals surface area (Å²) in [6.45, 7) is 1.91. The van der Waals surface area contributed by atoms with Gasteiger partial charge in [0, 0.05) is 23.5 Å². The number of amides is 2. The maximum atomic E-state index is 12.5. The highest BCUT2D eigenvalue weighted by Crippen LogP contribution is 2.27. The Kier molecular flexibility index (Phi) is 4.94. The van der Waals surface area contributed by atoms with Gasteiger partial charge in [0.2, 0.25) is 11.8 Å². The summed E-state index contributed by atoms with van der Waals surface area (Å²) < 4.78 is 27.5. The van der Waals surface area contributed by atoms with Crippen molar-refractivity contribution < 1.29 is 18.0 Å². The van der Waals surface area contributed by atoms with Gasteiger partial charge in [0.15, 0.2) is 0 Å². The quantitative estimate of drug-likeness (QED) is 0.724. The number of benzene rings is 2. The van der Waals surface area contributed by atoms with Gasteiger partial charge in [-0.3, -0.25) is 14.3 Å². The Morgan fingerprint density at radius 2 is 1.81 bits per heavy atom. The highest BCUT2D eigenvalue weighted by Gasteiger charge is 2.20. The van der Waals surface area contributed by atoms with Crippen LogP contribution in [0.2, 0.25) is 0 Å². The zero-order valence-corrected chi connectivity index (χ0v) is 15.0. The van der Waals surface area contributed by atoms with Gasteiger partial charge in [-0.25, -0.2) is 8.42 Å². The van der Waals surface area contributed by atoms with Crippen molar-refractivity contribution in [2.24, 2.45) is 0 Å². The number of hydrogen-bond donors (Lipinski definition) is 3. The Morgan fingerprint density at radius 1 is 1.12 bits per heavy atom. The van der Waals surface area contributed by atoms with Crippen molar-refractivity contribution in [2.45, 2.75) is 31.1 Å². The second kappa shape index (κ2) is 7.17. The molecule has 0 unspecified atom stereocenters. The van der Waals surface area contributed by atoms with E-state index >= 15 is 0 Å². The van der Waals surface area contributed by atoms with Gasteiger partial charge in [-0.05, 0) is 54.4 Å². The molecule has 0 saturated heterocycles. The van der Waals surface area contributed by atoms with Crippen LogP contribution in [0.25, 0.3) is 0 Å². The number of carbonyl (C=O) groups excluding carboxylic acids is 2. The van der Waals surface area contributed by atoms with Crippen LogP contribution in [-0.4, -0.2) is 20.2 Å². The predicted octanol–water partition coefficient (Wildman–Crippen LogP) is 2.72. The third kappa shape index (κ3) is 4.02. The first-order valence-corrected chi connectivity index (χ1v) is 9.71. The molecule has 7 nitrogen and oxygen atoms in total. The van der Waals surface area contributed by atoms with Gasteiger partial charge < -0.3 is 10.6 Å². The fourth-order valence-corrected chi connectivity index (χ4v) is 3.72. The van der Waals surface area contributed by atoms with Crippen LogP contribution in [0.5, 0.6) is 0 Å². The largest absolute Gasteiger partial charge is 0.326 e. The molecule has 0 aliphatic carbocycles. The van der Waals surface area contributed by atoms with Crippen LogP contribution in [-0.2, 0) is 26.0 Å². The average molecular weight is 373 g/mol. The van der Waals surface area contributed by atoms with Crippen LogP contribution in [0.3, 0.4) is 0 Å². The van der Waals surface area contributed by atoms with Crippen LogP contribution in [0.4, 0.5) is 17.1 Å². The van der Waals surface area contributed by atoms with Crippen LogP contribution >= 0.6 is 0 Å². The van der Waals surface area contributed by atoms with Gasteiger partial charge in [0.05, 0.1) is 11.3 Å². The van der Waals surface area contributed by atoms with Crippen LogP contribution in [0.15, 0.2) is 47.4 Å². The number of hydrogen-bond acceptors (Lipinski definition) is 4. The molecule has 136 valence electrons. The molecular formula is C18H19N3O4S. The summed E-state index contributed by atoms with van der Waals surface area (Å²) in [6.07, 6.45) is 1.39. The lowest BCUT2D eigenvalue weighted by atomic mass is 10.1. The lowest BCUT2D eigenvalue weighted by Gasteiger charge is -2.10. The molecule has 3 N–H and O–H groups in total. The molecule has 0 radical (unpaired) electrons. The fourth-order valence-electron chi connectivity index (χ4n) is 2.67. The molecule has 8 heteroatoms. The minimum absolute atomic E-state index is 0.0840. The Balaban J connectivity index is 1.73. The number of rotatable bonds is 6. The minimum atomic E-state index is -3.77. The van der Waals surface area contributed by atoms with Crippen LogP contribution in [0, 0.1) is 0 Å². The highest BCUT2D eigenvalue weighted by molar-refractivity contribution is 7.92. The molecule has 1 heterocycles. The maximum absolute atomic E-state index is 12.5. The topological polar surface area (TPSA) is 104 Å². The second-order valence-electron chi connectivity index (χ2n) is 6.02. The third-order valence-corrected chi connectivity index (χ3v) is 5.31. The van der Waals surface area contributed by atoms with E-state index in [0.29, 0.717) is 23.5 Å². The number of carbonyl (C=O) groups is 2. The number of sulfonamides is 1. The van der Waals surface area contributed by atoms with E-state index in [9.17, 15) is 18.0 Å². The van der Waals surface area contributed by atoms with E-state index in [0.717, 1.165) is 12.0 Å². The molecule has 2 aromatic rings. The Hall–Kier alpha value is -2.87. The molecule has 0 spiro atoms. The molecule has 1 aliphatic rings. The second-order valence-corrected chi connectivity index (χ2v) is 7.71. The van der Waals surface area contributed by atoms with E-state index in [1.165, 1.54) is 12.1 Å². The zero-order valence-electron chi connectivity index (χ0n) is 14.2. The first-order valence-electron chi connectivity index (χ1n) is 8.23. The van der Waals surface area contributed by atoms with Gasteiger partial charge in [0.25, 0.3) is 10.0 Å². The van der Waals surface area contributed by atoms with Crippen molar-refractivity contribution in [3.05, 3.63) is 48.0 Å². The summed E-state index contributed by atoms with van der Waals surface area (Å²) in [5.74, 6) is -0.219. The smallest absolute Gasteiger partial charge is 0.261 e. The van der Waals surface area contributed by atoms with E-state index in [2.05, 4.69) is 15.4 Å². The molecule has 2 amide bonds. The summed E-state index contributed by atoms with van der Waals surface area (Å²) in [5, 5.41) is 5.41. The number of fused-ring (bicyclic) bond motifs is 1. The Morgan fingerprint density at radius 3 is 2.50 bits per heavy atom. The standard InChI is InChI=1S/C18H19N3O4S/c1-2-3-17(22)19-13-4-7-15(8-5-13)26(24,25)21-14-6-9-16-12(10-14)11-18(23)20-16/h4-10,21H,2-3,11H2,1H3,(H,19,22)(H,20,23). The first-order chi connectivity index (χ1) is 12.4. The minimum Gasteiger partial charge on any atom is -0.326 e. The summed E-state index contributed by atoms with van der Waals surface area (Å²) in [5.41, 5.74) is 2.39. The van der Waals surface area contributed by atoms with Crippen molar-refractivity contribution in [2.75, 3.05) is 15.4 Å². The molecule has 0 fully saturated rings. The van der Waals surface area contributed by atoms with Gasteiger partial charge in [0.1, 0.15) is 0 Å². The fraction of sp³-hybridized carbons (Fsp3) is 0.222. The van der Waals surface area contributed by atoms with Gasteiger partial charge in [-0.1, -0.05) is 6.92 Å². The maximum Gasteiger partial charge on any atom is 0.261 e. The summed E-state index contributed by atoms with van der Waals surface area (Å²) >= 11 is 0. The summed E-state index contributed by atoms with van der Waals surface area (Å²) in [4.78, 5) is 23.1. The van der Waals surface area contributed by atoms with Gasteiger partial charge in [-0.2, -0.15) is 0 Å². The monoisotopic (exact) mass is 373 g/mol. The molecule has 2 aromatic carbocycles. The number of nitrogens with one attached hydrogen (secondary N) is 3. The molecule has 0 saturated carbocycles. The Labute approximate surface area is 151 Å². The van der Waals surface area contributed by atoms with Crippen molar-refractivity contribution in [3.63, 3.8) is 0 Å². The van der Waals surface area contributed by atoms with Crippen molar-refractivity contribution >= 4 is 38.9 Å². The van der Waals surface area contributed by atoms with Crippen LogP contribution in [0.1, 0.15) is 25.3 Å². The molecule has 26 heavy (non-hydrogen) atoms.